The molecule has 1 saturated heterocycles. The fraction of sp³-hybridized carbons (Fsp3) is 0.200. The normalized spacial score (nSPS) is 18.3. The van der Waals surface area contributed by atoms with Crippen LogP contribution in [0.25, 0.3) is 0 Å². The van der Waals surface area contributed by atoms with Gasteiger partial charge in [0.05, 0.1) is 5.02 Å². The number of carbonyl (C=O) groups excluding carboxylic acids is 2. The molecule has 7 nitrogen and oxygen atoms in total. The molecular formula is C20H16Cl2N4O3. The minimum atomic E-state index is -1.16. The van der Waals surface area contributed by atoms with Crippen LogP contribution in [0.4, 0.5) is 5.69 Å². The lowest BCUT2D eigenvalue weighted by atomic mass is 9.90. The van der Waals surface area contributed by atoms with Crippen molar-refractivity contribution < 1.29 is 14.3 Å². The molecule has 1 aromatic heterocycles. The van der Waals surface area contributed by atoms with Crippen molar-refractivity contribution in [2.45, 2.75) is 20.0 Å². The van der Waals surface area contributed by atoms with Gasteiger partial charge < -0.3 is 4.74 Å². The number of Topliss-reactive ketones (excluding diaryl/α,β-unsaturated/α-hetero) is 1. The summed E-state index contributed by atoms with van der Waals surface area (Å²) >= 11 is 12.0. The van der Waals surface area contributed by atoms with Crippen molar-refractivity contribution in [3.63, 3.8) is 0 Å². The molecule has 1 fully saturated rings. The van der Waals surface area contributed by atoms with E-state index in [0.29, 0.717) is 27.2 Å². The van der Waals surface area contributed by atoms with E-state index in [0.717, 1.165) is 0 Å². The number of amides is 1. The minimum absolute atomic E-state index is 0.249. The third kappa shape index (κ3) is 3.36. The highest BCUT2D eigenvalue weighted by atomic mass is 35.5. The Labute approximate surface area is 176 Å². The van der Waals surface area contributed by atoms with Gasteiger partial charge in [0.1, 0.15) is 29.6 Å². The number of ether oxygens (including phenoxy) is 1. The van der Waals surface area contributed by atoms with Gasteiger partial charge in [-0.2, -0.15) is 5.10 Å². The summed E-state index contributed by atoms with van der Waals surface area (Å²) in [4.78, 5) is 31.2. The van der Waals surface area contributed by atoms with Crippen molar-refractivity contribution in [1.82, 2.24) is 14.8 Å². The first-order valence-electron chi connectivity index (χ1n) is 8.74. The van der Waals surface area contributed by atoms with E-state index in [4.69, 9.17) is 27.9 Å². The first kappa shape index (κ1) is 19.4. The number of nitrogens with zero attached hydrogens (tertiary/aromatic N) is 4. The SMILES string of the molecule is CC1(C)C(=O)C(n2cncn2)N(c2ccc(Oc3ccc(Cl)cc3Cl)cc2)C1=O. The Morgan fingerprint density at radius 1 is 1.07 bits per heavy atom. The second kappa shape index (κ2) is 7.17. The lowest BCUT2D eigenvalue weighted by molar-refractivity contribution is -0.133. The van der Waals surface area contributed by atoms with E-state index in [1.54, 1.807) is 56.3 Å². The molecule has 9 heteroatoms. The standard InChI is InChI=1S/C20H16Cl2N4O3/c1-20(2)17(27)18(25-11-23-10-24-25)26(19(20)28)13-4-6-14(7-5-13)29-16-8-3-12(21)9-15(16)22/h3-11,18H,1-2H3. The van der Waals surface area contributed by atoms with E-state index in [-0.39, 0.29) is 11.7 Å². The smallest absolute Gasteiger partial charge is 0.242 e. The molecule has 29 heavy (non-hydrogen) atoms. The number of aromatic nitrogens is 3. The van der Waals surface area contributed by atoms with Crippen LogP contribution in [-0.4, -0.2) is 26.5 Å². The molecule has 1 atom stereocenters. The lowest BCUT2D eigenvalue weighted by Gasteiger charge is -2.23. The van der Waals surface area contributed by atoms with Crippen molar-refractivity contribution in [2.24, 2.45) is 5.41 Å². The van der Waals surface area contributed by atoms with Crippen LogP contribution in [0.2, 0.25) is 10.0 Å². The maximum absolute atomic E-state index is 13.0. The van der Waals surface area contributed by atoms with Gasteiger partial charge >= 0.3 is 0 Å². The Morgan fingerprint density at radius 2 is 1.79 bits per heavy atom. The Balaban J connectivity index is 1.65. The molecule has 148 valence electrons. The highest BCUT2D eigenvalue weighted by molar-refractivity contribution is 6.35. The van der Waals surface area contributed by atoms with Crippen molar-refractivity contribution >= 4 is 40.6 Å². The van der Waals surface area contributed by atoms with Gasteiger partial charge in [-0.25, -0.2) is 9.67 Å². The third-order valence-electron chi connectivity index (χ3n) is 4.77. The van der Waals surface area contributed by atoms with E-state index < -0.39 is 11.6 Å². The first-order valence-corrected chi connectivity index (χ1v) is 9.49. The lowest BCUT2D eigenvalue weighted by Crippen LogP contribution is -2.34. The maximum atomic E-state index is 13.0. The van der Waals surface area contributed by atoms with Gasteiger partial charge in [-0.15, -0.1) is 0 Å². The largest absolute Gasteiger partial charge is 0.456 e. The predicted octanol–water partition coefficient (Wildman–Crippen LogP) is 4.52. The number of hydrogen-bond acceptors (Lipinski definition) is 5. The number of halogens is 2. The topological polar surface area (TPSA) is 77.3 Å². The molecule has 2 heterocycles. The molecule has 1 aliphatic rings. The third-order valence-corrected chi connectivity index (χ3v) is 5.30. The zero-order chi connectivity index (χ0) is 20.8. The molecule has 0 aliphatic carbocycles. The zero-order valence-electron chi connectivity index (χ0n) is 15.5. The Bertz CT molecular complexity index is 1080. The maximum Gasteiger partial charge on any atom is 0.242 e. The Hall–Kier alpha value is -2.90. The van der Waals surface area contributed by atoms with Crippen LogP contribution < -0.4 is 9.64 Å². The first-order chi connectivity index (χ1) is 13.8. The van der Waals surface area contributed by atoms with E-state index >= 15 is 0 Å². The number of carbonyl (C=O) groups is 2. The van der Waals surface area contributed by atoms with Crippen LogP contribution in [-0.2, 0) is 9.59 Å². The molecule has 1 amide bonds. The van der Waals surface area contributed by atoms with E-state index in [2.05, 4.69) is 10.1 Å². The molecule has 0 bridgehead atoms. The highest BCUT2D eigenvalue weighted by Gasteiger charge is 2.55. The molecule has 0 saturated carbocycles. The van der Waals surface area contributed by atoms with Gasteiger partial charge in [0.25, 0.3) is 0 Å². The summed E-state index contributed by atoms with van der Waals surface area (Å²) in [5.74, 6) is 0.420. The second-order valence-corrected chi connectivity index (χ2v) is 7.93. The highest BCUT2D eigenvalue weighted by Crippen LogP contribution is 2.41. The quantitative estimate of drug-likeness (QED) is 0.568. The van der Waals surface area contributed by atoms with Crippen LogP contribution in [0, 0.1) is 5.41 Å². The molecule has 4 rings (SSSR count). The minimum Gasteiger partial charge on any atom is -0.456 e. The molecule has 0 radical (unpaired) electrons. The molecular weight excluding hydrogens is 415 g/mol. The summed E-state index contributed by atoms with van der Waals surface area (Å²) in [6.07, 6.45) is 1.86. The molecule has 3 aromatic rings. The van der Waals surface area contributed by atoms with Crippen LogP contribution in [0.1, 0.15) is 20.0 Å². The average Bonchev–Trinajstić information content (AvgIpc) is 3.27. The van der Waals surface area contributed by atoms with Gasteiger partial charge in [-0.3, -0.25) is 14.5 Å². The summed E-state index contributed by atoms with van der Waals surface area (Å²) in [5.41, 5.74) is -0.619. The number of hydrogen-bond donors (Lipinski definition) is 0. The summed E-state index contributed by atoms with van der Waals surface area (Å²) in [7, 11) is 0. The van der Waals surface area contributed by atoms with Crippen molar-refractivity contribution in [2.75, 3.05) is 4.90 Å². The van der Waals surface area contributed by atoms with E-state index in [9.17, 15) is 9.59 Å². The molecule has 1 unspecified atom stereocenters. The average molecular weight is 431 g/mol. The summed E-state index contributed by atoms with van der Waals surface area (Å²) < 4.78 is 7.16. The Kier molecular flexibility index (Phi) is 4.80. The van der Waals surface area contributed by atoms with Crippen molar-refractivity contribution in [1.29, 1.82) is 0 Å². The van der Waals surface area contributed by atoms with Gasteiger partial charge in [0.2, 0.25) is 5.91 Å². The Morgan fingerprint density at radius 3 is 2.41 bits per heavy atom. The van der Waals surface area contributed by atoms with E-state index in [1.807, 2.05) is 0 Å². The van der Waals surface area contributed by atoms with Crippen LogP contribution >= 0.6 is 23.2 Å². The van der Waals surface area contributed by atoms with Crippen LogP contribution in [0.5, 0.6) is 11.5 Å². The number of benzene rings is 2. The van der Waals surface area contributed by atoms with Gasteiger partial charge in [0, 0.05) is 10.7 Å². The summed E-state index contributed by atoms with van der Waals surface area (Å²) in [5, 5.41) is 4.95. The van der Waals surface area contributed by atoms with Crippen molar-refractivity contribution in [3.8, 4) is 11.5 Å². The molecule has 0 N–H and O–H groups in total. The summed E-state index contributed by atoms with van der Waals surface area (Å²) in [6, 6.07) is 11.7. The van der Waals surface area contributed by atoms with E-state index in [1.165, 1.54) is 22.2 Å². The van der Waals surface area contributed by atoms with Crippen LogP contribution in [0.3, 0.4) is 0 Å². The number of anilines is 1. The monoisotopic (exact) mass is 430 g/mol. The fourth-order valence-corrected chi connectivity index (χ4v) is 3.60. The zero-order valence-corrected chi connectivity index (χ0v) is 17.1. The van der Waals surface area contributed by atoms with Gasteiger partial charge in [0.15, 0.2) is 11.9 Å². The fourth-order valence-electron chi connectivity index (χ4n) is 3.16. The number of rotatable bonds is 4. The van der Waals surface area contributed by atoms with Crippen LogP contribution in [0.15, 0.2) is 55.1 Å². The molecule has 1 aliphatic heterocycles. The molecule has 0 spiro atoms. The molecule has 2 aromatic carbocycles. The van der Waals surface area contributed by atoms with Gasteiger partial charge in [-0.1, -0.05) is 23.2 Å². The summed E-state index contributed by atoms with van der Waals surface area (Å²) in [6.45, 7) is 3.23. The number of ketones is 1. The van der Waals surface area contributed by atoms with Gasteiger partial charge in [-0.05, 0) is 56.3 Å². The predicted molar refractivity (Wildman–Crippen MR) is 108 cm³/mol. The second-order valence-electron chi connectivity index (χ2n) is 7.08. The van der Waals surface area contributed by atoms with Crippen molar-refractivity contribution in [3.05, 3.63) is 65.2 Å².